The predicted octanol–water partition coefficient (Wildman–Crippen LogP) is 0.0305. The molecule has 1 aromatic rings. The van der Waals surface area contributed by atoms with Gasteiger partial charge < -0.3 is 84.2 Å². The van der Waals surface area contributed by atoms with Crippen molar-refractivity contribution in [3.05, 3.63) is 29.8 Å². The van der Waals surface area contributed by atoms with Crippen LogP contribution in [0.2, 0.25) is 0 Å². The minimum Gasteiger partial charge on any atom is -0.494 e. The molecule has 7 N–H and O–H groups in total. The van der Waals surface area contributed by atoms with Crippen LogP contribution >= 0.6 is 0 Å². The van der Waals surface area contributed by atoms with Crippen LogP contribution in [0.1, 0.15) is 74.6 Å². The first-order valence-corrected chi connectivity index (χ1v) is 23.6. The first-order valence-electron chi connectivity index (χ1n) is 23.6. The Labute approximate surface area is 409 Å². The highest BCUT2D eigenvalue weighted by Gasteiger charge is 2.21. The smallest absolute Gasteiger partial charge is 0.335 e. The first-order chi connectivity index (χ1) is 34.0. The Hall–Kier alpha value is -5.34. The molecule has 24 heteroatoms. The molecular formula is C46H75N5O19. The van der Waals surface area contributed by atoms with Crippen LogP contribution in [0.3, 0.4) is 0 Å². The number of aromatic carboxylic acids is 1. The fraction of sp³-hybridized carbons (Fsp3) is 0.696. The largest absolute Gasteiger partial charge is 0.494 e. The number of unbranched alkanes of at least 4 members (excludes halogenated alkanes) is 6. The van der Waals surface area contributed by atoms with E-state index in [0.29, 0.717) is 51.4 Å². The summed E-state index contributed by atoms with van der Waals surface area (Å²) in [5.74, 6) is -3.28. The number of aldehydes is 1. The van der Waals surface area contributed by atoms with Crippen LogP contribution in [-0.4, -0.2) is 203 Å². The molecule has 1 atom stereocenters. The molecule has 0 unspecified atom stereocenters. The summed E-state index contributed by atoms with van der Waals surface area (Å²) in [6, 6.07) is 5.10. The lowest BCUT2D eigenvalue weighted by molar-refractivity contribution is -0.142. The van der Waals surface area contributed by atoms with Gasteiger partial charge in [-0.15, -0.1) is 0 Å². The molecule has 70 heavy (non-hydrogen) atoms. The van der Waals surface area contributed by atoms with E-state index >= 15 is 0 Å². The van der Waals surface area contributed by atoms with E-state index in [2.05, 4.69) is 26.6 Å². The molecule has 1 aromatic carbocycles. The van der Waals surface area contributed by atoms with Crippen LogP contribution in [-0.2, 0) is 71.5 Å². The molecule has 0 aromatic heterocycles. The zero-order chi connectivity index (χ0) is 51.1. The lowest BCUT2D eigenvalue weighted by Crippen LogP contribution is -2.41. The molecule has 1 rings (SSSR count). The van der Waals surface area contributed by atoms with E-state index < -0.39 is 18.0 Å². The van der Waals surface area contributed by atoms with Gasteiger partial charge in [0.25, 0.3) is 0 Å². The molecule has 24 nitrogen and oxygen atoms in total. The molecule has 0 saturated heterocycles. The molecule has 0 bridgehead atoms. The van der Waals surface area contributed by atoms with Crippen molar-refractivity contribution in [3.63, 3.8) is 0 Å². The lowest BCUT2D eigenvalue weighted by Gasteiger charge is -2.14. The molecule has 0 aliphatic heterocycles. The summed E-state index contributed by atoms with van der Waals surface area (Å²) in [4.78, 5) is 92.8. The Morgan fingerprint density at radius 1 is 0.457 bits per heavy atom. The second-order valence-electron chi connectivity index (χ2n) is 15.1. The Balaban J connectivity index is 1.88. The topological polar surface area (TPSA) is 320 Å². The van der Waals surface area contributed by atoms with Crippen molar-refractivity contribution in [1.82, 2.24) is 26.6 Å². The van der Waals surface area contributed by atoms with Gasteiger partial charge in [0, 0.05) is 39.0 Å². The number of carbonyl (C=O) groups excluding carboxylic acids is 6. The quantitative estimate of drug-likeness (QED) is 0.0335. The number of benzene rings is 1. The highest BCUT2D eigenvalue weighted by Crippen LogP contribution is 2.14. The highest BCUT2D eigenvalue weighted by atomic mass is 16.5. The maximum atomic E-state index is 12.3. The molecular weight excluding hydrogens is 927 g/mol. The highest BCUT2D eigenvalue weighted by molar-refractivity contribution is 5.87. The number of carbonyl (C=O) groups is 8. The van der Waals surface area contributed by atoms with Gasteiger partial charge in [0.05, 0.1) is 91.5 Å². The van der Waals surface area contributed by atoms with Gasteiger partial charge in [0.2, 0.25) is 29.5 Å². The summed E-state index contributed by atoms with van der Waals surface area (Å²) in [5, 5.41) is 31.5. The van der Waals surface area contributed by atoms with Crippen LogP contribution in [0.4, 0.5) is 0 Å². The van der Waals surface area contributed by atoms with Crippen LogP contribution in [0.5, 0.6) is 5.75 Å². The molecule has 0 aliphatic carbocycles. The van der Waals surface area contributed by atoms with Gasteiger partial charge in [-0.25, -0.2) is 9.59 Å². The van der Waals surface area contributed by atoms with Crippen molar-refractivity contribution in [1.29, 1.82) is 0 Å². The van der Waals surface area contributed by atoms with Gasteiger partial charge in [0.15, 0.2) is 0 Å². The number of hydrogen-bond acceptors (Lipinski definition) is 17. The van der Waals surface area contributed by atoms with E-state index in [4.69, 9.17) is 47.7 Å². The SMILES string of the molecule is O=CCOCCOCCNC(=O)COCCOCCNC(=O)COCCOCCNC(=O)COCCOCCNC(=O)CC[C@H](NC(=O)CCCCCCCCCOc1ccc(C(=O)O)cc1)C(=O)O. The van der Waals surface area contributed by atoms with Gasteiger partial charge in [0.1, 0.15) is 44.5 Å². The molecule has 398 valence electrons. The van der Waals surface area contributed by atoms with Crippen LogP contribution in [0.25, 0.3) is 0 Å². The number of ether oxygens (including phenoxy) is 9. The summed E-state index contributed by atoms with van der Waals surface area (Å²) >= 11 is 0. The summed E-state index contributed by atoms with van der Waals surface area (Å²) in [6.07, 6.45) is 6.97. The maximum Gasteiger partial charge on any atom is 0.335 e. The number of carboxylic acids is 2. The average molecular weight is 1000 g/mol. The van der Waals surface area contributed by atoms with Crippen molar-refractivity contribution in [2.24, 2.45) is 0 Å². The third kappa shape index (κ3) is 39.5. The molecule has 0 spiro atoms. The number of hydrogen-bond donors (Lipinski definition) is 7. The Kier molecular flexibility index (Phi) is 40.1. The van der Waals surface area contributed by atoms with Crippen molar-refractivity contribution in [3.8, 4) is 5.75 Å². The standard InChI is InChI=1S/C46H75N5O19/c52-19-25-66-27-26-62-22-16-48-42(55)34-68-32-29-64-24-18-50-44(57)36-69-33-30-65-23-17-49-43(56)35-67-31-28-63-21-15-47-40(53)14-13-39(46(60)61)51-41(54)8-6-4-2-1-3-5-7-20-70-38-11-9-37(10-12-38)45(58)59/h9-12,19,39H,1-8,13-18,20-36H2,(H,47,53)(H,48,55)(H,49,56)(H,50,57)(H,51,54)(H,58,59)(H,60,61)/t39-/m0/s1. The summed E-state index contributed by atoms with van der Waals surface area (Å²) in [7, 11) is 0. The number of nitrogens with one attached hydrogen (secondary N) is 5. The van der Waals surface area contributed by atoms with Gasteiger partial charge >= 0.3 is 11.9 Å². The molecule has 0 radical (unpaired) electrons. The van der Waals surface area contributed by atoms with E-state index in [1.165, 1.54) is 12.1 Å². The second-order valence-corrected chi connectivity index (χ2v) is 15.1. The monoisotopic (exact) mass is 1000 g/mol. The minimum absolute atomic E-state index is 0.0240. The second kappa shape index (κ2) is 44.8. The van der Waals surface area contributed by atoms with Crippen LogP contribution in [0.15, 0.2) is 24.3 Å². The number of rotatable bonds is 49. The third-order valence-electron chi connectivity index (χ3n) is 9.36. The van der Waals surface area contributed by atoms with E-state index in [1.807, 2.05) is 0 Å². The van der Waals surface area contributed by atoms with Crippen molar-refractivity contribution >= 4 is 47.8 Å². The van der Waals surface area contributed by atoms with Gasteiger partial charge in [-0.05, 0) is 43.5 Å². The van der Waals surface area contributed by atoms with Crippen molar-refractivity contribution in [2.75, 3.05) is 138 Å². The summed E-state index contributed by atoms with van der Waals surface area (Å²) < 4.78 is 47.7. The van der Waals surface area contributed by atoms with Crippen molar-refractivity contribution < 1.29 is 91.2 Å². The minimum atomic E-state index is -1.21. The number of carboxylic acid groups (broad SMARTS) is 2. The number of amides is 5. The van der Waals surface area contributed by atoms with E-state index in [0.717, 1.165) is 38.5 Å². The van der Waals surface area contributed by atoms with Gasteiger partial charge in [-0.2, -0.15) is 0 Å². The Morgan fingerprint density at radius 3 is 1.31 bits per heavy atom. The lowest BCUT2D eigenvalue weighted by atomic mass is 10.1. The first kappa shape index (κ1) is 62.7. The van der Waals surface area contributed by atoms with E-state index in [9.17, 15) is 43.5 Å². The summed E-state index contributed by atoms with van der Waals surface area (Å²) in [5.41, 5.74) is 0.210. The fourth-order valence-electron chi connectivity index (χ4n) is 5.75. The van der Waals surface area contributed by atoms with Crippen molar-refractivity contribution in [2.45, 2.75) is 70.3 Å². The Bertz CT molecular complexity index is 1590. The maximum absolute atomic E-state index is 12.3. The number of aliphatic carboxylic acids is 1. The molecule has 5 amide bonds. The Morgan fingerprint density at radius 2 is 0.871 bits per heavy atom. The van der Waals surface area contributed by atoms with Gasteiger partial charge in [-0.1, -0.05) is 32.1 Å². The fourth-order valence-corrected chi connectivity index (χ4v) is 5.75. The normalized spacial score (nSPS) is 11.3. The zero-order valence-electron chi connectivity index (χ0n) is 40.2. The van der Waals surface area contributed by atoms with E-state index in [1.54, 1.807) is 12.1 Å². The third-order valence-corrected chi connectivity index (χ3v) is 9.36. The predicted molar refractivity (Wildman–Crippen MR) is 249 cm³/mol. The molecule has 0 heterocycles. The summed E-state index contributed by atoms with van der Waals surface area (Å²) in [6.45, 7) is 3.84. The van der Waals surface area contributed by atoms with Crippen LogP contribution in [0, 0.1) is 0 Å². The molecule has 0 saturated carbocycles. The van der Waals surface area contributed by atoms with Gasteiger partial charge in [-0.3, -0.25) is 24.0 Å². The average Bonchev–Trinajstić information content (AvgIpc) is 3.34. The molecule has 0 aliphatic rings. The zero-order valence-corrected chi connectivity index (χ0v) is 40.2. The van der Waals surface area contributed by atoms with Crippen LogP contribution < -0.4 is 31.3 Å². The molecule has 0 fully saturated rings. The van der Waals surface area contributed by atoms with E-state index in [-0.39, 0.29) is 160 Å².